The SMILES string of the molecule is CC(Cn1nnnc1-c1c(F)cccc1F)C(=O)O. The second kappa shape index (κ2) is 5.09. The number of benzene rings is 1. The van der Waals surface area contributed by atoms with Crippen molar-refractivity contribution in [3.05, 3.63) is 29.8 Å². The van der Waals surface area contributed by atoms with Gasteiger partial charge < -0.3 is 5.11 Å². The third-order valence-electron chi connectivity index (χ3n) is 2.59. The van der Waals surface area contributed by atoms with Crippen molar-refractivity contribution in [2.75, 3.05) is 0 Å². The Balaban J connectivity index is 2.42. The summed E-state index contributed by atoms with van der Waals surface area (Å²) in [5.74, 6) is -3.57. The van der Waals surface area contributed by atoms with Crippen LogP contribution < -0.4 is 0 Å². The topological polar surface area (TPSA) is 80.9 Å². The first-order valence-corrected chi connectivity index (χ1v) is 5.44. The highest BCUT2D eigenvalue weighted by molar-refractivity contribution is 5.69. The Morgan fingerprint density at radius 1 is 1.42 bits per heavy atom. The summed E-state index contributed by atoms with van der Waals surface area (Å²) < 4.78 is 28.3. The fraction of sp³-hybridized carbons (Fsp3) is 0.273. The molecular weight excluding hydrogens is 258 g/mol. The van der Waals surface area contributed by atoms with E-state index >= 15 is 0 Å². The van der Waals surface area contributed by atoms with Gasteiger partial charge in [-0.25, -0.2) is 13.5 Å². The van der Waals surface area contributed by atoms with Crippen LogP contribution in [0.4, 0.5) is 8.78 Å². The van der Waals surface area contributed by atoms with E-state index in [0.717, 1.165) is 16.8 Å². The number of carboxylic acid groups (broad SMARTS) is 1. The monoisotopic (exact) mass is 268 g/mol. The lowest BCUT2D eigenvalue weighted by Crippen LogP contribution is -2.18. The first-order valence-electron chi connectivity index (χ1n) is 5.44. The zero-order valence-electron chi connectivity index (χ0n) is 9.92. The van der Waals surface area contributed by atoms with Crippen LogP contribution in [0.25, 0.3) is 11.4 Å². The Hall–Kier alpha value is -2.38. The van der Waals surface area contributed by atoms with Gasteiger partial charge in [-0.3, -0.25) is 4.79 Å². The highest BCUT2D eigenvalue weighted by atomic mass is 19.1. The van der Waals surface area contributed by atoms with E-state index in [1.54, 1.807) is 0 Å². The number of carbonyl (C=O) groups is 1. The summed E-state index contributed by atoms with van der Waals surface area (Å²) in [5, 5.41) is 19.3. The van der Waals surface area contributed by atoms with E-state index in [0.29, 0.717) is 0 Å². The molecule has 0 spiro atoms. The highest BCUT2D eigenvalue weighted by Crippen LogP contribution is 2.23. The molecule has 1 atom stereocenters. The number of tetrazole rings is 1. The molecule has 0 saturated carbocycles. The average molecular weight is 268 g/mol. The Kier molecular flexibility index (Phi) is 3.50. The lowest BCUT2D eigenvalue weighted by atomic mass is 10.1. The summed E-state index contributed by atoms with van der Waals surface area (Å²) in [6.45, 7) is 1.37. The molecule has 6 nitrogen and oxygen atoms in total. The molecule has 1 N–H and O–H groups in total. The first kappa shape index (κ1) is 13.1. The van der Waals surface area contributed by atoms with E-state index in [1.165, 1.54) is 13.0 Å². The normalized spacial score (nSPS) is 12.4. The third kappa shape index (κ3) is 2.56. The van der Waals surface area contributed by atoms with Crippen LogP contribution in [0.1, 0.15) is 6.92 Å². The van der Waals surface area contributed by atoms with Gasteiger partial charge in [-0.1, -0.05) is 13.0 Å². The van der Waals surface area contributed by atoms with Gasteiger partial charge in [-0.15, -0.1) is 5.10 Å². The van der Waals surface area contributed by atoms with Crippen molar-refractivity contribution in [3.8, 4) is 11.4 Å². The molecule has 1 aromatic carbocycles. The van der Waals surface area contributed by atoms with Gasteiger partial charge >= 0.3 is 5.97 Å². The molecule has 1 unspecified atom stereocenters. The minimum Gasteiger partial charge on any atom is -0.481 e. The van der Waals surface area contributed by atoms with Gasteiger partial charge in [0.05, 0.1) is 18.0 Å². The molecule has 0 amide bonds. The highest BCUT2D eigenvalue weighted by Gasteiger charge is 2.21. The molecule has 100 valence electrons. The number of rotatable bonds is 4. The predicted molar refractivity (Wildman–Crippen MR) is 60.0 cm³/mol. The van der Waals surface area contributed by atoms with Gasteiger partial charge in [0.25, 0.3) is 0 Å². The van der Waals surface area contributed by atoms with E-state index < -0.39 is 23.5 Å². The van der Waals surface area contributed by atoms with Crippen molar-refractivity contribution in [1.29, 1.82) is 0 Å². The number of hydrogen-bond acceptors (Lipinski definition) is 4. The Bertz CT molecular complexity index is 594. The Morgan fingerprint density at radius 2 is 2.05 bits per heavy atom. The van der Waals surface area contributed by atoms with Crippen LogP contribution in [0.3, 0.4) is 0 Å². The maximum absolute atomic E-state index is 13.6. The quantitative estimate of drug-likeness (QED) is 0.904. The zero-order chi connectivity index (χ0) is 14.0. The molecule has 1 aromatic heterocycles. The molecule has 2 rings (SSSR count). The standard InChI is InChI=1S/C11H10F2N4O2/c1-6(11(18)19)5-17-10(14-15-16-17)9-7(12)3-2-4-8(9)13/h2-4,6H,5H2,1H3,(H,18,19). The summed E-state index contributed by atoms with van der Waals surface area (Å²) in [7, 11) is 0. The van der Waals surface area contributed by atoms with Crippen LogP contribution in [0.15, 0.2) is 18.2 Å². The number of halogens is 2. The smallest absolute Gasteiger partial charge is 0.308 e. The molecule has 0 radical (unpaired) electrons. The van der Waals surface area contributed by atoms with E-state index in [4.69, 9.17) is 5.11 Å². The summed E-state index contributed by atoms with van der Waals surface area (Å²) in [4.78, 5) is 10.8. The fourth-order valence-corrected chi connectivity index (χ4v) is 1.56. The number of carboxylic acids is 1. The zero-order valence-corrected chi connectivity index (χ0v) is 9.92. The number of hydrogen-bond donors (Lipinski definition) is 1. The average Bonchev–Trinajstić information content (AvgIpc) is 2.77. The summed E-state index contributed by atoms with van der Waals surface area (Å²) >= 11 is 0. The van der Waals surface area contributed by atoms with E-state index in [1.807, 2.05) is 0 Å². The minimum atomic E-state index is -1.05. The molecule has 8 heteroatoms. The molecule has 1 heterocycles. The fourth-order valence-electron chi connectivity index (χ4n) is 1.56. The van der Waals surface area contributed by atoms with Crippen LogP contribution in [0.2, 0.25) is 0 Å². The van der Waals surface area contributed by atoms with Crippen LogP contribution in [0, 0.1) is 17.6 Å². The minimum absolute atomic E-state index is 0.0779. The van der Waals surface area contributed by atoms with Gasteiger partial charge in [-0.2, -0.15) is 0 Å². The maximum Gasteiger partial charge on any atom is 0.308 e. The van der Waals surface area contributed by atoms with E-state index in [2.05, 4.69) is 15.5 Å². The maximum atomic E-state index is 13.6. The first-order chi connectivity index (χ1) is 9.00. The van der Waals surface area contributed by atoms with Gasteiger partial charge in [0.1, 0.15) is 11.6 Å². The number of nitrogens with zero attached hydrogens (tertiary/aromatic N) is 4. The second-order valence-electron chi connectivity index (χ2n) is 4.02. The number of aromatic nitrogens is 4. The van der Waals surface area contributed by atoms with Crippen LogP contribution in [-0.4, -0.2) is 31.3 Å². The molecule has 19 heavy (non-hydrogen) atoms. The van der Waals surface area contributed by atoms with Crippen LogP contribution in [0.5, 0.6) is 0 Å². The van der Waals surface area contributed by atoms with Gasteiger partial charge in [-0.05, 0) is 22.6 Å². The van der Waals surface area contributed by atoms with Crippen molar-refractivity contribution in [2.45, 2.75) is 13.5 Å². The summed E-state index contributed by atoms with van der Waals surface area (Å²) in [6, 6.07) is 3.39. The van der Waals surface area contributed by atoms with Crippen molar-refractivity contribution in [3.63, 3.8) is 0 Å². The van der Waals surface area contributed by atoms with Crippen LogP contribution in [-0.2, 0) is 11.3 Å². The predicted octanol–water partition coefficient (Wildman–Crippen LogP) is 1.34. The third-order valence-corrected chi connectivity index (χ3v) is 2.59. The Labute approximate surface area is 106 Å². The van der Waals surface area contributed by atoms with Crippen LogP contribution >= 0.6 is 0 Å². The largest absolute Gasteiger partial charge is 0.481 e. The van der Waals surface area contributed by atoms with Gasteiger partial charge in [0.2, 0.25) is 0 Å². The van der Waals surface area contributed by atoms with Crippen molar-refractivity contribution >= 4 is 5.97 Å². The van der Waals surface area contributed by atoms with Gasteiger partial charge in [0.15, 0.2) is 5.82 Å². The molecule has 0 bridgehead atoms. The summed E-state index contributed by atoms with van der Waals surface area (Å²) in [5.41, 5.74) is -0.370. The number of aliphatic carboxylic acids is 1. The lowest BCUT2D eigenvalue weighted by molar-refractivity contribution is -0.141. The molecule has 0 fully saturated rings. The summed E-state index contributed by atoms with van der Waals surface area (Å²) in [6.07, 6.45) is 0. The Morgan fingerprint density at radius 3 is 2.63 bits per heavy atom. The van der Waals surface area contributed by atoms with E-state index in [9.17, 15) is 13.6 Å². The molecule has 0 aliphatic heterocycles. The van der Waals surface area contributed by atoms with Crippen molar-refractivity contribution in [2.24, 2.45) is 5.92 Å². The van der Waals surface area contributed by atoms with Gasteiger partial charge in [0, 0.05) is 0 Å². The molecule has 0 aliphatic carbocycles. The molecular formula is C11H10F2N4O2. The van der Waals surface area contributed by atoms with Crippen molar-refractivity contribution < 1.29 is 18.7 Å². The lowest BCUT2D eigenvalue weighted by Gasteiger charge is -2.08. The molecule has 0 aliphatic rings. The van der Waals surface area contributed by atoms with Crippen molar-refractivity contribution in [1.82, 2.24) is 20.2 Å². The molecule has 2 aromatic rings. The molecule has 0 saturated heterocycles. The van der Waals surface area contributed by atoms with E-state index in [-0.39, 0.29) is 17.9 Å². The second-order valence-corrected chi connectivity index (χ2v) is 4.02.